The molecule has 0 spiro atoms. The SMILES string of the molecule is COC(=O)c1cc([N+](=O)[O-])c(=O)n(CC(=O)Nc2ccccc2SCC(N)=O)c1. The summed E-state index contributed by atoms with van der Waals surface area (Å²) >= 11 is 1.11. The number of nitrogens with zero attached hydrogens (tertiary/aromatic N) is 2. The molecule has 1 aromatic heterocycles. The summed E-state index contributed by atoms with van der Waals surface area (Å²) in [6, 6.07) is 7.39. The van der Waals surface area contributed by atoms with Crippen molar-refractivity contribution in [1.82, 2.24) is 4.57 Å². The van der Waals surface area contributed by atoms with Crippen LogP contribution in [0.25, 0.3) is 0 Å². The molecule has 29 heavy (non-hydrogen) atoms. The van der Waals surface area contributed by atoms with E-state index in [1.54, 1.807) is 24.3 Å². The first-order chi connectivity index (χ1) is 13.7. The van der Waals surface area contributed by atoms with Crippen LogP contribution in [-0.2, 0) is 20.9 Å². The highest BCUT2D eigenvalue weighted by Gasteiger charge is 2.21. The summed E-state index contributed by atoms with van der Waals surface area (Å²) in [4.78, 5) is 58.0. The summed E-state index contributed by atoms with van der Waals surface area (Å²) in [5.41, 5.74) is 3.34. The molecule has 0 aliphatic rings. The van der Waals surface area contributed by atoms with Gasteiger partial charge in [-0.15, -0.1) is 11.8 Å². The maximum absolute atomic E-state index is 12.4. The fourth-order valence-corrected chi connectivity index (χ4v) is 3.03. The van der Waals surface area contributed by atoms with Crippen LogP contribution in [0.5, 0.6) is 0 Å². The second kappa shape index (κ2) is 9.50. The average Bonchev–Trinajstić information content (AvgIpc) is 2.67. The molecule has 0 saturated carbocycles. The minimum Gasteiger partial charge on any atom is -0.465 e. The summed E-state index contributed by atoms with van der Waals surface area (Å²) < 4.78 is 5.26. The molecule has 2 aromatic rings. The molecule has 0 aliphatic heterocycles. The van der Waals surface area contributed by atoms with Crippen LogP contribution in [0.1, 0.15) is 10.4 Å². The van der Waals surface area contributed by atoms with Gasteiger partial charge in [0.2, 0.25) is 11.8 Å². The molecule has 0 bridgehead atoms. The Morgan fingerprint density at radius 1 is 1.31 bits per heavy atom. The maximum atomic E-state index is 12.4. The Labute approximate surface area is 168 Å². The largest absolute Gasteiger partial charge is 0.465 e. The molecule has 0 fully saturated rings. The minimum absolute atomic E-state index is 0.000286. The lowest BCUT2D eigenvalue weighted by atomic mass is 10.2. The van der Waals surface area contributed by atoms with Crippen LogP contribution >= 0.6 is 11.8 Å². The van der Waals surface area contributed by atoms with Gasteiger partial charge in [-0.1, -0.05) is 12.1 Å². The van der Waals surface area contributed by atoms with E-state index in [2.05, 4.69) is 10.1 Å². The first-order valence-corrected chi connectivity index (χ1v) is 8.98. The first-order valence-electron chi connectivity index (χ1n) is 8.00. The molecule has 0 saturated heterocycles. The van der Waals surface area contributed by atoms with E-state index < -0.39 is 40.5 Å². The summed E-state index contributed by atoms with van der Waals surface area (Å²) in [5.74, 6) is -2.10. The molecule has 2 rings (SSSR count). The maximum Gasteiger partial charge on any atom is 0.339 e. The second-order valence-electron chi connectivity index (χ2n) is 5.60. The zero-order valence-electron chi connectivity index (χ0n) is 15.1. The molecule has 3 N–H and O–H groups in total. The Morgan fingerprint density at radius 2 is 2.00 bits per heavy atom. The van der Waals surface area contributed by atoms with E-state index >= 15 is 0 Å². The third kappa shape index (κ3) is 5.65. The number of nitrogens with two attached hydrogens (primary N) is 1. The van der Waals surface area contributed by atoms with Crippen LogP contribution in [0.3, 0.4) is 0 Å². The van der Waals surface area contributed by atoms with Crippen LogP contribution in [0.4, 0.5) is 11.4 Å². The van der Waals surface area contributed by atoms with Crippen molar-refractivity contribution in [2.45, 2.75) is 11.4 Å². The second-order valence-corrected chi connectivity index (χ2v) is 6.61. The standard InChI is InChI=1S/C17H16N4O7S/c1-28-17(25)10-6-12(21(26)27)16(24)20(7-10)8-15(23)19-11-4-2-3-5-13(11)29-9-14(18)22/h2-7H,8-9H2,1H3,(H2,18,22)(H,19,23). The van der Waals surface area contributed by atoms with Crippen molar-refractivity contribution >= 4 is 40.9 Å². The van der Waals surface area contributed by atoms with E-state index in [-0.39, 0.29) is 11.3 Å². The molecule has 0 aliphatic carbocycles. The van der Waals surface area contributed by atoms with E-state index in [0.717, 1.165) is 35.7 Å². The smallest absolute Gasteiger partial charge is 0.339 e. The lowest BCUT2D eigenvalue weighted by Gasteiger charge is -2.11. The van der Waals surface area contributed by atoms with E-state index in [9.17, 15) is 29.3 Å². The number of nitro groups is 1. The number of benzene rings is 1. The van der Waals surface area contributed by atoms with Crippen LogP contribution in [0.2, 0.25) is 0 Å². The third-order valence-corrected chi connectivity index (χ3v) is 4.63. The molecule has 12 heteroatoms. The van der Waals surface area contributed by atoms with Crippen LogP contribution in [-0.4, -0.2) is 40.1 Å². The molecular formula is C17H16N4O7S. The topological polar surface area (TPSA) is 164 Å². The molecule has 2 amide bonds. The molecule has 1 aromatic carbocycles. The van der Waals surface area contributed by atoms with Crippen molar-refractivity contribution in [1.29, 1.82) is 0 Å². The van der Waals surface area contributed by atoms with Crippen molar-refractivity contribution in [2.75, 3.05) is 18.2 Å². The molecule has 11 nitrogen and oxygen atoms in total. The van der Waals surface area contributed by atoms with Gasteiger partial charge in [0.05, 0.1) is 29.0 Å². The summed E-state index contributed by atoms with van der Waals surface area (Å²) in [5, 5.41) is 13.6. The Bertz CT molecular complexity index is 1030. The van der Waals surface area contributed by atoms with Gasteiger partial charge in [-0.05, 0) is 12.1 Å². The number of rotatable bonds is 8. The highest BCUT2D eigenvalue weighted by Crippen LogP contribution is 2.26. The Hall–Kier alpha value is -3.67. The Morgan fingerprint density at radius 3 is 2.62 bits per heavy atom. The van der Waals surface area contributed by atoms with Crippen molar-refractivity contribution in [3.63, 3.8) is 0 Å². The molecule has 0 unspecified atom stereocenters. The van der Waals surface area contributed by atoms with Gasteiger partial charge in [-0.25, -0.2) is 4.79 Å². The number of nitrogens with one attached hydrogen (secondary N) is 1. The lowest BCUT2D eigenvalue weighted by molar-refractivity contribution is -0.386. The van der Waals surface area contributed by atoms with E-state index in [1.165, 1.54) is 0 Å². The zero-order chi connectivity index (χ0) is 21.6. The first kappa shape index (κ1) is 21.6. The van der Waals surface area contributed by atoms with Crippen molar-refractivity contribution < 1.29 is 24.0 Å². The van der Waals surface area contributed by atoms with Crippen molar-refractivity contribution in [3.05, 3.63) is 62.6 Å². The van der Waals surface area contributed by atoms with Crippen LogP contribution in [0, 0.1) is 10.1 Å². The van der Waals surface area contributed by atoms with Crippen molar-refractivity contribution in [3.8, 4) is 0 Å². The highest BCUT2D eigenvalue weighted by molar-refractivity contribution is 8.00. The van der Waals surface area contributed by atoms with Crippen LogP contribution in [0.15, 0.2) is 46.2 Å². The van der Waals surface area contributed by atoms with Crippen LogP contribution < -0.4 is 16.6 Å². The van der Waals surface area contributed by atoms with Gasteiger partial charge in [0, 0.05) is 17.2 Å². The summed E-state index contributed by atoms with van der Waals surface area (Å²) in [6.07, 6.45) is 1.01. The number of methoxy groups -OCH3 is 1. The summed E-state index contributed by atoms with van der Waals surface area (Å²) in [6.45, 7) is -0.584. The number of hydrogen-bond acceptors (Lipinski definition) is 8. The van der Waals surface area contributed by atoms with Gasteiger partial charge in [0.1, 0.15) is 6.54 Å². The van der Waals surface area contributed by atoms with Gasteiger partial charge in [-0.3, -0.25) is 29.1 Å². The quantitative estimate of drug-likeness (QED) is 0.273. The zero-order valence-corrected chi connectivity index (χ0v) is 15.9. The monoisotopic (exact) mass is 420 g/mol. The normalized spacial score (nSPS) is 10.2. The van der Waals surface area contributed by atoms with Gasteiger partial charge in [0.15, 0.2) is 0 Å². The number of thioether (sulfide) groups is 1. The fraction of sp³-hybridized carbons (Fsp3) is 0.176. The van der Waals surface area contributed by atoms with Gasteiger partial charge < -0.3 is 15.8 Å². The number of para-hydroxylation sites is 1. The number of esters is 1. The third-order valence-electron chi connectivity index (χ3n) is 3.53. The fourth-order valence-electron chi connectivity index (χ4n) is 2.29. The number of ether oxygens (including phenoxy) is 1. The number of hydrogen-bond donors (Lipinski definition) is 2. The van der Waals surface area contributed by atoms with E-state index in [0.29, 0.717) is 10.6 Å². The molecule has 152 valence electrons. The predicted molar refractivity (Wildman–Crippen MR) is 104 cm³/mol. The lowest BCUT2D eigenvalue weighted by Crippen LogP contribution is -2.29. The molecule has 1 heterocycles. The van der Waals surface area contributed by atoms with Gasteiger partial charge >= 0.3 is 17.2 Å². The molecule has 0 radical (unpaired) electrons. The summed E-state index contributed by atoms with van der Waals surface area (Å²) in [7, 11) is 1.08. The Balaban J connectivity index is 2.28. The molecular weight excluding hydrogens is 404 g/mol. The number of amides is 2. The number of anilines is 1. The van der Waals surface area contributed by atoms with Gasteiger partial charge in [-0.2, -0.15) is 0 Å². The highest BCUT2D eigenvalue weighted by atomic mass is 32.2. The average molecular weight is 420 g/mol. The Kier molecular flexibility index (Phi) is 7.09. The van der Waals surface area contributed by atoms with E-state index in [4.69, 9.17) is 5.73 Å². The number of pyridine rings is 1. The number of carbonyl (C=O) groups excluding carboxylic acids is 3. The van der Waals surface area contributed by atoms with E-state index in [1.807, 2.05) is 0 Å². The minimum atomic E-state index is -1.05. The van der Waals surface area contributed by atoms with Gasteiger partial charge in [0.25, 0.3) is 0 Å². The number of carbonyl (C=O) groups is 3. The predicted octanol–water partition coefficient (Wildman–Crippen LogP) is 0.759. The number of primary amides is 1. The number of aromatic nitrogens is 1. The molecule has 0 atom stereocenters. The van der Waals surface area contributed by atoms with Crippen molar-refractivity contribution in [2.24, 2.45) is 5.73 Å².